The number of carbonyl (C=O) groups is 2. The second-order valence-corrected chi connectivity index (χ2v) is 7.22. The van der Waals surface area contributed by atoms with Crippen molar-refractivity contribution in [2.45, 2.75) is 30.9 Å². The number of hydrogen-bond donors (Lipinski definition) is 1. The van der Waals surface area contributed by atoms with E-state index in [0.29, 0.717) is 5.56 Å². The number of hydrogen-bond acceptors (Lipinski definition) is 6. The standard InChI is InChI=1S/C15H19N3O5S/c1-9(15(20)23-10(2)14(19)18(3)4)16-13-11-7-5-6-8-12(11)24(21,22)17-13/h5-10H,1-4H3,(H,16,17)/t9-,10?/m0/s1. The SMILES string of the molecule is CC(OC(=O)[C@H](C)N=C1NS(=O)(=O)c2ccccc21)C(=O)N(C)C. The monoisotopic (exact) mass is 353 g/mol. The average molecular weight is 353 g/mol. The minimum Gasteiger partial charge on any atom is -0.451 e. The van der Waals surface area contributed by atoms with Crippen molar-refractivity contribution in [2.75, 3.05) is 14.1 Å². The molecule has 0 saturated heterocycles. The molecular formula is C15H19N3O5S. The van der Waals surface area contributed by atoms with Gasteiger partial charge in [0.1, 0.15) is 11.9 Å². The van der Waals surface area contributed by atoms with Crippen molar-refractivity contribution < 1.29 is 22.7 Å². The topological polar surface area (TPSA) is 105 Å². The smallest absolute Gasteiger partial charge is 0.331 e. The summed E-state index contributed by atoms with van der Waals surface area (Å²) in [5, 5.41) is 0. The van der Waals surface area contributed by atoms with E-state index in [-0.39, 0.29) is 16.6 Å². The molecule has 1 aromatic rings. The summed E-state index contributed by atoms with van der Waals surface area (Å²) >= 11 is 0. The van der Waals surface area contributed by atoms with Gasteiger partial charge in [0, 0.05) is 19.7 Å². The zero-order valence-electron chi connectivity index (χ0n) is 13.8. The Hall–Kier alpha value is -2.42. The van der Waals surface area contributed by atoms with Crippen LogP contribution in [0.2, 0.25) is 0 Å². The molecular weight excluding hydrogens is 334 g/mol. The normalized spacial score (nSPS) is 19.1. The molecule has 1 heterocycles. The van der Waals surface area contributed by atoms with Crippen LogP contribution in [0.3, 0.4) is 0 Å². The minimum absolute atomic E-state index is 0.0849. The Morgan fingerprint density at radius 3 is 2.46 bits per heavy atom. The maximum Gasteiger partial charge on any atom is 0.331 e. The van der Waals surface area contributed by atoms with Crippen molar-refractivity contribution in [2.24, 2.45) is 4.99 Å². The van der Waals surface area contributed by atoms with Gasteiger partial charge >= 0.3 is 5.97 Å². The molecule has 2 rings (SSSR count). The lowest BCUT2D eigenvalue weighted by molar-refractivity contribution is -0.158. The summed E-state index contributed by atoms with van der Waals surface area (Å²) in [4.78, 5) is 29.3. The number of nitrogens with one attached hydrogen (secondary N) is 1. The van der Waals surface area contributed by atoms with Crippen molar-refractivity contribution in [3.63, 3.8) is 0 Å². The van der Waals surface area contributed by atoms with Crippen LogP contribution in [-0.2, 0) is 24.3 Å². The third-order valence-corrected chi connectivity index (χ3v) is 4.81. The van der Waals surface area contributed by atoms with Crippen LogP contribution in [0.1, 0.15) is 19.4 Å². The summed E-state index contributed by atoms with van der Waals surface area (Å²) < 4.78 is 31.4. The molecule has 0 fully saturated rings. The molecule has 0 bridgehead atoms. The van der Waals surface area contributed by atoms with Crippen LogP contribution in [0.5, 0.6) is 0 Å². The molecule has 1 aliphatic heterocycles. The van der Waals surface area contributed by atoms with E-state index in [4.69, 9.17) is 4.74 Å². The second-order valence-electron chi connectivity index (χ2n) is 5.57. The van der Waals surface area contributed by atoms with E-state index in [9.17, 15) is 18.0 Å². The summed E-state index contributed by atoms with van der Waals surface area (Å²) in [5.74, 6) is -0.981. The molecule has 2 atom stereocenters. The van der Waals surface area contributed by atoms with Gasteiger partial charge in [0.25, 0.3) is 15.9 Å². The predicted octanol–water partition coefficient (Wildman–Crippen LogP) is 0.133. The first-order valence-electron chi connectivity index (χ1n) is 7.25. The average Bonchev–Trinajstić information content (AvgIpc) is 2.77. The van der Waals surface area contributed by atoms with Crippen molar-refractivity contribution >= 4 is 27.7 Å². The number of amidine groups is 1. The first-order valence-corrected chi connectivity index (χ1v) is 8.73. The number of likely N-dealkylation sites (N-methyl/N-ethyl adjacent to an activating group) is 1. The lowest BCUT2D eigenvalue weighted by Gasteiger charge is -2.18. The van der Waals surface area contributed by atoms with Crippen molar-refractivity contribution in [3.05, 3.63) is 29.8 Å². The molecule has 0 aromatic heterocycles. The molecule has 1 aromatic carbocycles. The van der Waals surface area contributed by atoms with E-state index < -0.39 is 28.1 Å². The fourth-order valence-electron chi connectivity index (χ4n) is 2.16. The minimum atomic E-state index is -3.67. The van der Waals surface area contributed by atoms with Gasteiger partial charge in [0.05, 0.1) is 4.90 Å². The first-order chi connectivity index (χ1) is 11.1. The lowest BCUT2D eigenvalue weighted by Crippen LogP contribution is -2.37. The maximum absolute atomic E-state index is 12.1. The van der Waals surface area contributed by atoms with E-state index in [2.05, 4.69) is 9.71 Å². The van der Waals surface area contributed by atoms with Crippen LogP contribution >= 0.6 is 0 Å². The van der Waals surface area contributed by atoms with Crippen LogP contribution in [0.15, 0.2) is 34.2 Å². The number of sulfonamides is 1. The van der Waals surface area contributed by atoms with E-state index >= 15 is 0 Å². The Morgan fingerprint density at radius 2 is 1.83 bits per heavy atom. The molecule has 130 valence electrons. The number of esters is 1. The molecule has 0 spiro atoms. The fraction of sp³-hybridized carbons (Fsp3) is 0.400. The van der Waals surface area contributed by atoms with Gasteiger partial charge in [0.2, 0.25) is 0 Å². The molecule has 0 aliphatic carbocycles. The Labute approximate surface area is 140 Å². The van der Waals surface area contributed by atoms with Gasteiger partial charge in [-0.25, -0.2) is 13.2 Å². The number of ether oxygens (including phenoxy) is 1. The summed E-state index contributed by atoms with van der Waals surface area (Å²) in [6.07, 6.45) is -0.942. The molecule has 0 radical (unpaired) electrons. The number of aliphatic imine (C=N–C) groups is 1. The Morgan fingerprint density at radius 1 is 1.21 bits per heavy atom. The number of carbonyl (C=O) groups excluding carboxylic acids is 2. The summed E-state index contributed by atoms with van der Waals surface area (Å²) in [5.41, 5.74) is 0.398. The zero-order chi connectivity index (χ0) is 18.1. The van der Waals surface area contributed by atoms with Crippen LogP contribution in [0.4, 0.5) is 0 Å². The largest absolute Gasteiger partial charge is 0.451 e. The van der Waals surface area contributed by atoms with Gasteiger partial charge in [-0.1, -0.05) is 12.1 Å². The van der Waals surface area contributed by atoms with Crippen LogP contribution < -0.4 is 4.72 Å². The van der Waals surface area contributed by atoms with Crippen LogP contribution in [0, 0.1) is 0 Å². The number of benzene rings is 1. The fourth-order valence-corrected chi connectivity index (χ4v) is 3.40. The van der Waals surface area contributed by atoms with Crippen molar-refractivity contribution in [1.82, 2.24) is 9.62 Å². The van der Waals surface area contributed by atoms with Gasteiger partial charge in [-0.2, -0.15) is 0 Å². The van der Waals surface area contributed by atoms with Crippen molar-refractivity contribution in [1.29, 1.82) is 0 Å². The predicted molar refractivity (Wildman–Crippen MR) is 87.0 cm³/mol. The third kappa shape index (κ3) is 3.56. The molecule has 1 amide bonds. The molecule has 1 unspecified atom stereocenters. The van der Waals surface area contributed by atoms with Crippen molar-refractivity contribution in [3.8, 4) is 0 Å². The highest BCUT2D eigenvalue weighted by atomic mass is 32.2. The summed E-state index contributed by atoms with van der Waals surface area (Å²) in [6, 6.07) is 5.37. The van der Waals surface area contributed by atoms with Gasteiger partial charge in [0.15, 0.2) is 6.10 Å². The molecule has 8 nitrogen and oxygen atoms in total. The van der Waals surface area contributed by atoms with Gasteiger partial charge in [-0.15, -0.1) is 0 Å². The van der Waals surface area contributed by atoms with Crippen LogP contribution in [-0.4, -0.2) is 57.3 Å². The van der Waals surface area contributed by atoms with E-state index in [0.717, 1.165) is 0 Å². The number of amides is 1. The first kappa shape index (κ1) is 17.9. The second kappa shape index (κ2) is 6.60. The van der Waals surface area contributed by atoms with E-state index in [1.54, 1.807) is 32.3 Å². The highest BCUT2D eigenvalue weighted by molar-refractivity contribution is 7.90. The number of rotatable bonds is 4. The van der Waals surface area contributed by atoms with Gasteiger partial charge in [-0.05, 0) is 26.0 Å². The Balaban J connectivity index is 2.17. The van der Waals surface area contributed by atoms with Gasteiger partial charge < -0.3 is 9.64 Å². The van der Waals surface area contributed by atoms with E-state index in [1.807, 2.05) is 0 Å². The quantitative estimate of drug-likeness (QED) is 0.775. The van der Waals surface area contributed by atoms with Crippen LogP contribution in [0.25, 0.3) is 0 Å². The molecule has 24 heavy (non-hydrogen) atoms. The molecule has 0 saturated carbocycles. The zero-order valence-corrected chi connectivity index (χ0v) is 14.6. The molecule has 9 heteroatoms. The van der Waals surface area contributed by atoms with E-state index in [1.165, 1.54) is 24.8 Å². The number of fused-ring (bicyclic) bond motifs is 1. The molecule has 1 aliphatic rings. The maximum atomic E-state index is 12.1. The summed E-state index contributed by atoms with van der Waals surface area (Å²) in [7, 11) is -0.555. The molecule has 1 N–H and O–H groups in total. The Bertz CT molecular complexity index is 801. The highest BCUT2D eigenvalue weighted by Gasteiger charge is 2.31. The van der Waals surface area contributed by atoms with Gasteiger partial charge in [-0.3, -0.25) is 14.5 Å². The lowest BCUT2D eigenvalue weighted by atomic mass is 10.2. The number of nitrogens with zero attached hydrogens (tertiary/aromatic N) is 2. The Kier molecular flexibility index (Phi) is 4.93. The summed E-state index contributed by atoms with van der Waals surface area (Å²) in [6.45, 7) is 2.94. The third-order valence-electron chi connectivity index (χ3n) is 3.41. The highest BCUT2D eigenvalue weighted by Crippen LogP contribution is 2.22.